The van der Waals surface area contributed by atoms with Crippen molar-refractivity contribution in [3.05, 3.63) is 102 Å². The first-order chi connectivity index (χ1) is 50.5. The lowest BCUT2D eigenvalue weighted by molar-refractivity contribution is -0.148. The number of hydrogen-bond donors (Lipinski definition) is 2. The molecule has 0 bridgehead atoms. The Balaban J connectivity index is 0.000000333. The highest BCUT2D eigenvalue weighted by Gasteiger charge is 2.45. The number of carbonyl (C=O) groups is 12. The van der Waals surface area contributed by atoms with Gasteiger partial charge in [-0.3, -0.25) is 61.9 Å². The number of aliphatic imine (C=N–C) groups is 1. The smallest absolute Gasteiger partial charge is 0.384 e. The molecule has 39 heteroatoms. The maximum Gasteiger partial charge on any atom is 0.384 e. The number of carbonyl (C=O) groups excluding carboxylic acids is 12. The van der Waals surface area contributed by atoms with Crippen molar-refractivity contribution >= 4 is 109 Å². The molecule has 10 unspecified atom stereocenters. The molecule has 5 aliphatic carbocycles. The third kappa shape index (κ3) is 28.4. The maximum atomic E-state index is 12.3. The zero-order valence-corrected chi connectivity index (χ0v) is 62.0. The first-order valence-electron chi connectivity index (χ1n) is 32.8. The van der Waals surface area contributed by atoms with Crippen molar-refractivity contribution in [2.24, 2.45) is 50.6 Å². The fourth-order valence-corrected chi connectivity index (χ4v) is 11.2. The number of urea groups is 1. The average molecular weight is 1570 g/mol. The average Bonchev–Trinajstić information content (AvgIpc) is 0.968. The van der Waals surface area contributed by atoms with Crippen LogP contribution >= 0.6 is 15.9 Å². The fraction of sp³-hybridized carbons (Fsp3) is 0.522. The van der Waals surface area contributed by atoms with Gasteiger partial charge in [0.05, 0.1) is 69.8 Å². The lowest BCUT2D eigenvalue weighted by Gasteiger charge is -2.34. The first kappa shape index (κ1) is 90.0. The molecule has 3 N–H and O–H groups in total. The Morgan fingerprint density at radius 2 is 1.10 bits per heavy atom. The largest absolute Gasteiger partial charge is 0.461 e. The molecule has 2 aromatic heterocycles. The molecular weight excluding hydrogens is 1480 g/mol. The van der Waals surface area contributed by atoms with Gasteiger partial charge in [0.1, 0.15) is 36.9 Å². The van der Waals surface area contributed by atoms with Gasteiger partial charge in [0.15, 0.2) is 46.0 Å². The third-order valence-electron chi connectivity index (χ3n) is 15.5. The normalized spacial score (nSPS) is 21.8. The number of hydrazone groups is 1. The molecule has 4 amide bonds. The molecule has 1 aromatic carbocycles. The van der Waals surface area contributed by atoms with Crippen molar-refractivity contribution in [1.29, 1.82) is 0 Å². The zero-order chi connectivity index (χ0) is 79.2. The predicted molar refractivity (Wildman–Crippen MR) is 377 cm³/mol. The predicted octanol–water partition coefficient (Wildman–Crippen LogP) is 3.23. The topological polar surface area (TPSA) is 500 Å². The molecular formula is C67H87BrN14O23S. The molecule has 1 aliphatic heterocycles. The van der Waals surface area contributed by atoms with Crippen LogP contribution in [0.5, 0.6) is 0 Å². The summed E-state index contributed by atoms with van der Waals surface area (Å²) in [7, 11) is -1.35. The molecule has 0 spiro atoms. The Labute approximate surface area is 619 Å². The summed E-state index contributed by atoms with van der Waals surface area (Å²) in [6.07, 6.45) is 12.5. The van der Waals surface area contributed by atoms with Crippen LogP contribution in [0.1, 0.15) is 92.8 Å². The lowest BCUT2D eigenvalue weighted by atomic mass is 9.80. The number of imide groups is 2. The number of terminal acetylenes is 1. The molecule has 6 aliphatic rings. The Morgan fingerprint density at radius 1 is 0.670 bits per heavy atom. The molecule has 3 heterocycles. The van der Waals surface area contributed by atoms with E-state index in [0.29, 0.717) is 84.3 Å². The SMILES string of the molecule is C#CC(=O)OCC.C=CCOC1C(=O)CC1CBr.C=CCOC1C(=O)CC1CN=[N+]=[N-].C=CCOC1C(=O)CC1Cn1cc(C(=O)OCC)nn1.CCOC(=O)C(C=NCC1CC(=O)C1OS(=O)(=O)c1ccc(C)cc1)=NN.CCOC(=O)c1cn(CC2CC(=O)C2O)nn1.CN1C(=O)CC(=O)N(C)C1=O. The Bertz CT molecular complexity index is 3850. The van der Waals surface area contributed by atoms with Crippen LogP contribution in [-0.2, 0) is 104 Å². The summed E-state index contributed by atoms with van der Waals surface area (Å²) in [5.41, 5.74) is 9.11. The summed E-state index contributed by atoms with van der Waals surface area (Å²) < 4.78 is 67.2. The number of nitrogens with two attached hydrogens (primary N) is 1. The van der Waals surface area contributed by atoms with Crippen LogP contribution in [0.25, 0.3) is 10.4 Å². The van der Waals surface area contributed by atoms with Crippen LogP contribution in [0.3, 0.4) is 0 Å². The number of benzene rings is 1. The van der Waals surface area contributed by atoms with Gasteiger partial charge in [-0.1, -0.05) is 67.4 Å². The number of barbiturate groups is 1. The number of rotatable bonds is 29. The fourth-order valence-electron chi connectivity index (χ4n) is 9.53. The number of Topliss-reactive ketones (excluding diaryl/α,β-unsaturated/α-hetero) is 5. The van der Waals surface area contributed by atoms with Gasteiger partial charge in [-0.2, -0.15) is 13.5 Å². The minimum Gasteiger partial charge on any atom is -0.461 e. The summed E-state index contributed by atoms with van der Waals surface area (Å²) in [6.45, 7) is 22.7. The number of aryl methyl sites for hydroxylation is 1. The highest BCUT2D eigenvalue weighted by Crippen LogP contribution is 2.32. The van der Waals surface area contributed by atoms with Crippen molar-refractivity contribution in [2.75, 3.05) is 78.8 Å². The van der Waals surface area contributed by atoms with E-state index in [0.717, 1.165) is 26.9 Å². The van der Waals surface area contributed by atoms with Gasteiger partial charge in [-0.25, -0.2) is 24.0 Å². The number of nitrogens with zero attached hydrogens (tertiary/aromatic N) is 13. The van der Waals surface area contributed by atoms with E-state index in [9.17, 15) is 71.1 Å². The van der Waals surface area contributed by atoms with E-state index in [1.165, 1.54) is 48.0 Å². The Morgan fingerprint density at radius 3 is 1.51 bits per heavy atom. The van der Waals surface area contributed by atoms with Crippen LogP contribution in [0.15, 0.2) is 94.7 Å². The van der Waals surface area contributed by atoms with Gasteiger partial charge in [-0.15, -0.1) is 36.4 Å². The molecule has 576 valence electrons. The minimum atomic E-state index is -4.06. The van der Waals surface area contributed by atoms with Gasteiger partial charge in [0, 0.05) is 118 Å². The van der Waals surface area contributed by atoms with E-state index in [1.54, 1.807) is 64.0 Å². The number of hydrogen-bond acceptors (Lipinski definition) is 31. The van der Waals surface area contributed by atoms with E-state index in [2.05, 4.69) is 87.6 Å². The molecule has 37 nitrogen and oxygen atoms in total. The molecule has 9 rings (SSSR count). The van der Waals surface area contributed by atoms with Crippen molar-refractivity contribution < 1.29 is 108 Å². The molecule has 10 atom stereocenters. The van der Waals surface area contributed by atoms with E-state index in [4.69, 9.17) is 44.0 Å². The van der Waals surface area contributed by atoms with Gasteiger partial charge >= 0.3 is 29.9 Å². The van der Waals surface area contributed by atoms with Crippen molar-refractivity contribution in [3.63, 3.8) is 0 Å². The second-order valence-electron chi connectivity index (χ2n) is 23.1. The number of aliphatic hydroxyl groups excluding tert-OH is 1. The highest BCUT2D eigenvalue weighted by atomic mass is 79.9. The van der Waals surface area contributed by atoms with Crippen LogP contribution in [0.4, 0.5) is 4.79 Å². The number of ketones is 5. The summed E-state index contributed by atoms with van der Waals surface area (Å²) in [5.74, 6) is 3.54. The Kier molecular flexibility index (Phi) is 39.6. The number of aliphatic hydroxyl groups is 1. The van der Waals surface area contributed by atoms with E-state index in [1.807, 2.05) is 6.92 Å². The van der Waals surface area contributed by atoms with Crippen molar-refractivity contribution in [1.82, 2.24) is 39.8 Å². The van der Waals surface area contributed by atoms with E-state index in [-0.39, 0.29) is 113 Å². The number of azide groups is 1. The maximum absolute atomic E-state index is 12.3. The molecule has 6 fully saturated rings. The number of amides is 4. The standard InChI is InChI=1S/C17H21N3O6S.C13H17N3O4.C10H13N3O4.C8H11BrO2.C8H11N3O2.C6H8N2O3.C5H6O2/c1-3-25-17(22)14(20-18)10-19-9-12-8-15(21)16(12)26-27(23,24)13-6-4-11(2)5-7-13;1-3-5-20-12-9(6-11(12)17)7-16-8-10(14-15-16)13(18)19-4-2;1-2-17-10(16)7-5-13(12-11-7)4-6-3-8(14)9(6)15;1-2-3-11-8-6(5-9)4-7(8)10;1-2-3-13-8-6(4-7(8)12)5-10-11-9;1-7-4(9)3-5(10)8(2)6(7)11;1-3-5(6)7-4-2/h4-7,10,12,16H,3,8-9,18H2,1-2H3;3,8-9,12H,1,4-7H2,2H3;5-6,9,15H,2-4H2,1H3;2,6,8H,1,3-5H2;2,6,8H,1,3-5H2;3H2,1-2H3;1H,4H2,2H3. The molecule has 106 heavy (non-hydrogen) atoms. The quantitative estimate of drug-likeness (QED) is 0.00799. The summed E-state index contributed by atoms with van der Waals surface area (Å²) >= 11 is 3.33. The summed E-state index contributed by atoms with van der Waals surface area (Å²) in [5, 5.41) is 31.9. The minimum absolute atomic E-state index is 0.0186. The highest BCUT2D eigenvalue weighted by molar-refractivity contribution is 9.09. The second kappa shape index (κ2) is 46.6. The number of aromatic nitrogens is 6. The Hall–Kier alpha value is -10.2. The molecule has 0 radical (unpaired) electrons. The second-order valence-corrected chi connectivity index (χ2v) is 25.3. The molecule has 5 saturated carbocycles. The van der Waals surface area contributed by atoms with Crippen LogP contribution in [0, 0.1) is 48.9 Å². The number of esters is 4. The van der Waals surface area contributed by atoms with Crippen LogP contribution in [0.2, 0.25) is 0 Å². The van der Waals surface area contributed by atoms with Crippen LogP contribution in [-0.4, -0.2) is 245 Å². The van der Waals surface area contributed by atoms with Gasteiger partial charge in [0.25, 0.3) is 10.1 Å². The lowest BCUT2D eigenvalue weighted by Crippen LogP contribution is -2.51. The molecule has 1 saturated heterocycles. The molecule has 3 aromatic rings. The zero-order valence-electron chi connectivity index (χ0n) is 59.6. The number of halogens is 1. The van der Waals surface area contributed by atoms with Gasteiger partial charge in [0.2, 0.25) is 11.8 Å². The first-order valence-corrected chi connectivity index (χ1v) is 35.4. The van der Waals surface area contributed by atoms with Gasteiger partial charge < -0.3 is 44.1 Å². The number of alkyl halides is 1. The van der Waals surface area contributed by atoms with Crippen LogP contribution < -0.4 is 5.84 Å². The van der Waals surface area contributed by atoms with Gasteiger partial charge in [-0.05, 0) is 52.3 Å². The van der Waals surface area contributed by atoms with Crippen molar-refractivity contribution in [3.8, 4) is 12.3 Å². The van der Waals surface area contributed by atoms with Crippen molar-refractivity contribution in [2.45, 2.75) is 122 Å². The third-order valence-corrected chi connectivity index (χ3v) is 17.6. The summed E-state index contributed by atoms with van der Waals surface area (Å²) in [4.78, 5) is 141. The summed E-state index contributed by atoms with van der Waals surface area (Å²) in [6, 6.07) is 5.56. The monoisotopic (exact) mass is 1570 g/mol. The van der Waals surface area contributed by atoms with E-state index >= 15 is 0 Å². The van der Waals surface area contributed by atoms with E-state index < -0.39 is 76.1 Å². The number of ether oxygens (including phenoxy) is 7.